The molecule has 2 aromatic rings. The number of carbonyl (C=O) groups excluding carboxylic acids is 1. The SMILES string of the molecule is CCOC(=O)C(=CCCc1ccc2c(c1)C(C)(C)CCC2(C)C)c1cccc(F)c1. The molecule has 0 unspecified atom stereocenters. The normalized spacial score (nSPS) is 17.3. The van der Waals surface area contributed by atoms with Gasteiger partial charge in [0.25, 0.3) is 0 Å². The van der Waals surface area contributed by atoms with Crippen LogP contribution in [0.5, 0.6) is 0 Å². The van der Waals surface area contributed by atoms with Crippen LogP contribution in [-0.2, 0) is 26.8 Å². The summed E-state index contributed by atoms with van der Waals surface area (Å²) in [4.78, 5) is 12.4. The number of benzene rings is 2. The van der Waals surface area contributed by atoms with Crippen LogP contribution in [-0.4, -0.2) is 12.6 Å². The molecule has 0 bridgehead atoms. The molecular formula is C27H33FO2. The fraction of sp³-hybridized carbons (Fsp3) is 0.444. The fourth-order valence-corrected chi connectivity index (χ4v) is 4.36. The molecule has 0 saturated carbocycles. The summed E-state index contributed by atoms with van der Waals surface area (Å²) < 4.78 is 18.9. The van der Waals surface area contributed by atoms with Crippen LogP contribution >= 0.6 is 0 Å². The molecule has 1 aliphatic rings. The number of carbonyl (C=O) groups is 1. The predicted octanol–water partition coefficient (Wildman–Crippen LogP) is 6.75. The van der Waals surface area contributed by atoms with E-state index in [1.54, 1.807) is 19.1 Å². The zero-order valence-electron chi connectivity index (χ0n) is 18.8. The Morgan fingerprint density at radius 2 is 1.73 bits per heavy atom. The number of fused-ring (bicyclic) bond motifs is 1. The van der Waals surface area contributed by atoms with E-state index in [0.29, 0.717) is 24.2 Å². The zero-order chi connectivity index (χ0) is 21.9. The van der Waals surface area contributed by atoms with Crippen LogP contribution in [0.15, 0.2) is 48.5 Å². The summed E-state index contributed by atoms with van der Waals surface area (Å²) in [7, 11) is 0. The molecule has 160 valence electrons. The van der Waals surface area contributed by atoms with E-state index in [1.165, 1.54) is 41.7 Å². The first-order valence-electron chi connectivity index (χ1n) is 10.9. The first-order chi connectivity index (χ1) is 14.1. The summed E-state index contributed by atoms with van der Waals surface area (Å²) >= 11 is 0. The van der Waals surface area contributed by atoms with E-state index in [4.69, 9.17) is 4.74 Å². The molecule has 0 aromatic heterocycles. The van der Waals surface area contributed by atoms with Gasteiger partial charge in [-0.05, 0) is 77.8 Å². The molecule has 0 saturated heterocycles. The number of hydrogen-bond acceptors (Lipinski definition) is 2. The van der Waals surface area contributed by atoms with Gasteiger partial charge < -0.3 is 4.74 Å². The maximum Gasteiger partial charge on any atom is 0.338 e. The van der Waals surface area contributed by atoms with Gasteiger partial charge in [0.1, 0.15) is 5.82 Å². The topological polar surface area (TPSA) is 26.3 Å². The molecule has 3 heteroatoms. The lowest BCUT2D eigenvalue weighted by Crippen LogP contribution is -2.33. The minimum Gasteiger partial charge on any atom is -0.462 e. The number of hydrogen-bond donors (Lipinski definition) is 0. The summed E-state index contributed by atoms with van der Waals surface area (Å²) in [6.45, 7) is 11.4. The number of esters is 1. The highest BCUT2D eigenvalue weighted by Crippen LogP contribution is 2.45. The third-order valence-electron chi connectivity index (χ3n) is 6.33. The largest absolute Gasteiger partial charge is 0.462 e. The molecule has 30 heavy (non-hydrogen) atoms. The second-order valence-electron chi connectivity index (χ2n) is 9.53. The fourth-order valence-electron chi connectivity index (χ4n) is 4.36. The van der Waals surface area contributed by atoms with E-state index in [-0.39, 0.29) is 16.6 Å². The van der Waals surface area contributed by atoms with E-state index >= 15 is 0 Å². The van der Waals surface area contributed by atoms with Gasteiger partial charge in [-0.1, -0.05) is 64.1 Å². The molecule has 0 N–H and O–H groups in total. The minimum absolute atomic E-state index is 0.175. The molecule has 0 fully saturated rings. The van der Waals surface area contributed by atoms with Gasteiger partial charge >= 0.3 is 5.97 Å². The van der Waals surface area contributed by atoms with Crippen molar-refractivity contribution in [1.82, 2.24) is 0 Å². The lowest BCUT2D eigenvalue weighted by atomic mass is 9.63. The Hall–Kier alpha value is -2.42. The number of rotatable bonds is 6. The first-order valence-corrected chi connectivity index (χ1v) is 10.9. The predicted molar refractivity (Wildman–Crippen MR) is 121 cm³/mol. The number of allylic oxidation sites excluding steroid dienone is 1. The van der Waals surface area contributed by atoms with E-state index in [2.05, 4.69) is 45.9 Å². The highest BCUT2D eigenvalue weighted by Gasteiger charge is 2.36. The van der Waals surface area contributed by atoms with Crippen LogP contribution in [0.1, 0.15) is 76.1 Å². The average Bonchev–Trinajstić information content (AvgIpc) is 2.69. The number of ether oxygens (including phenoxy) is 1. The van der Waals surface area contributed by atoms with E-state index in [0.717, 1.165) is 6.42 Å². The van der Waals surface area contributed by atoms with Crippen LogP contribution < -0.4 is 0 Å². The summed E-state index contributed by atoms with van der Waals surface area (Å²) in [6, 6.07) is 13.0. The molecule has 2 aromatic carbocycles. The molecule has 0 atom stereocenters. The van der Waals surface area contributed by atoms with Crippen LogP contribution in [0.25, 0.3) is 5.57 Å². The van der Waals surface area contributed by atoms with Gasteiger partial charge in [0.2, 0.25) is 0 Å². The van der Waals surface area contributed by atoms with Crippen molar-refractivity contribution >= 4 is 11.5 Å². The van der Waals surface area contributed by atoms with Gasteiger partial charge in [0, 0.05) is 0 Å². The lowest BCUT2D eigenvalue weighted by Gasteiger charge is -2.42. The first kappa shape index (κ1) is 22.3. The monoisotopic (exact) mass is 408 g/mol. The van der Waals surface area contributed by atoms with Gasteiger partial charge in [-0.2, -0.15) is 0 Å². The lowest BCUT2D eigenvalue weighted by molar-refractivity contribution is -0.136. The smallest absolute Gasteiger partial charge is 0.338 e. The third-order valence-corrected chi connectivity index (χ3v) is 6.33. The molecule has 2 nitrogen and oxygen atoms in total. The van der Waals surface area contributed by atoms with Crippen LogP contribution in [0.3, 0.4) is 0 Å². The van der Waals surface area contributed by atoms with Crippen molar-refractivity contribution in [1.29, 1.82) is 0 Å². The van der Waals surface area contributed by atoms with Crippen molar-refractivity contribution in [3.05, 3.63) is 76.6 Å². The van der Waals surface area contributed by atoms with Crippen molar-refractivity contribution in [2.75, 3.05) is 6.61 Å². The summed E-state index contributed by atoms with van der Waals surface area (Å²) in [6.07, 6.45) is 5.77. The van der Waals surface area contributed by atoms with Gasteiger partial charge in [-0.3, -0.25) is 0 Å². The maximum atomic E-state index is 13.7. The Kier molecular flexibility index (Phi) is 6.50. The Balaban J connectivity index is 1.84. The Bertz CT molecular complexity index is 953. The van der Waals surface area contributed by atoms with E-state index in [1.807, 2.05) is 6.08 Å². The number of aryl methyl sites for hydroxylation is 1. The molecule has 0 heterocycles. The molecular weight excluding hydrogens is 375 g/mol. The molecule has 0 aliphatic heterocycles. The van der Waals surface area contributed by atoms with E-state index < -0.39 is 5.97 Å². The summed E-state index contributed by atoms with van der Waals surface area (Å²) in [5, 5.41) is 0. The summed E-state index contributed by atoms with van der Waals surface area (Å²) in [5.41, 5.74) is 5.52. The molecule has 0 amide bonds. The second-order valence-corrected chi connectivity index (χ2v) is 9.53. The van der Waals surface area contributed by atoms with Crippen LogP contribution in [0.4, 0.5) is 4.39 Å². The standard InChI is InChI=1S/C27H33FO2/c1-6-30-25(29)22(20-10-8-11-21(28)18-20)12-7-9-19-13-14-23-24(17-19)27(4,5)16-15-26(23,2)3/h8,10-14,17-18H,6-7,9,15-16H2,1-5H3. The van der Waals surface area contributed by atoms with Crippen molar-refractivity contribution in [2.24, 2.45) is 0 Å². The highest BCUT2D eigenvalue weighted by atomic mass is 19.1. The Labute approximate surface area is 180 Å². The Morgan fingerprint density at radius 1 is 1.03 bits per heavy atom. The zero-order valence-corrected chi connectivity index (χ0v) is 18.8. The van der Waals surface area contributed by atoms with Crippen molar-refractivity contribution in [2.45, 2.75) is 71.1 Å². The van der Waals surface area contributed by atoms with Crippen molar-refractivity contribution < 1.29 is 13.9 Å². The summed E-state index contributed by atoms with van der Waals surface area (Å²) in [5.74, 6) is -0.765. The minimum atomic E-state index is -0.406. The third kappa shape index (κ3) is 4.83. The van der Waals surface area contributed by atoms with Crippen molar-refractivity contribution in [3.8, 4) is 0 Å². The second kappa shape index (κ2) is 8.75. The van der Waals surface area contributed by atoms with Crippen LogP contribution in [0.2, 0.25) is 0 Å². The molecule has 0 spiro atoms. The van der Waals surface area contributed by atoms with Crippen molar-refractivity contribution in [3.63, 3.8) is 0 Å². The van der Waals surface area contributed by atoms with Gasteiger partial charge in [-0.15, -0.1) is 0 Å². The van der Waals surface area contributed by atoms with E-state index in [9.17, 15) is 9.18 Å². The number of halogens is 1. The Morgan fingerprint density at radius 3 is 2.40 bits per heavy atom. The van der Waals surface area contributed by atoms with Crippen LogP contribution in [0, 0.1) is 5.82 Å². The van der Waals surface area contributed by atoms with Gasteiger partial charge in [0.05, 0.1) is 12.2 Å². The van der Waals surface area contributed by atoms with Gasteiger partial charge in [-0.25, -0.2) is 9.18 Å². The maximum absolute atomic E-state index is 13.7. The highest BCUT2D eigenvalue weighted by molar-refractivity contribution is 6.16. The molecule has 1 aliphatic carbocycles. The molecule has 3 rings (SSSR count). The molecule has 0 radical (unpaired) electrons. The quantitative estimate of drug-likeness (QED) is 0.390. The van der Waals surface area contributed by atoms with Gasteiger partial charge in [0.15, 0.2) is 0 Å². The average molecular weight is 409 g/mol.